The Kier molecular flexibility index (Phi) is 5.39. The fourth-order valence-electron chi connectivity index (χ4n) is 2.30. The van der Waals surface area contributed by atoms with Crippen molar-refractivity contribution in [1.29, 1.82) is 0 Å². The lowest BCUT2D eigenvalue weighted by atomic mass is 10.1. The molecule has 0 aromatic carbocycles. The zero-order chi connectivity index (χ0) is 13.7. The summed E-state index contributed by atoms with van der Waals surface area (Å²) < 4.78 is 0.849. The highest BCUT2D eigenvalue weighted by molar-refractivity contribution is 9.10. The normalized spacial score (nSPS) is 22.5. The van der Waals surface area contributed by atoms with Crippen molar-refractivity contribution >= 4 is 27.7 Å². The summed E-state index contributed by atoms with van der Waals surface area (Å²) in [6, 6.07) is 0. The van der Waals surface area contributed by atoms with E-state index in [-0.39, 0.29) is 6.10 Å². The second-order valence-electron chi connectivity index (χ2n) is 4.96. The van der Waals surface area contributed by atoms with Crippen molar-refractivity contribution in [1.82, 2.24) is 9.97 Å². The minimum atomic E-state index is -0.175. The molecule has 0 radical (unpaired) electrons. The lowest BCUT2D eigenvalue weighted by Gasteiger charge is -2.16. The molecule has 1 saturated carbocycles. The Morgan fingerprint density at radius 3 is 2.95 bits per heavy atom. The molecular weight excluding hydrogens is 308 g/mol. The van der Waals surface area contributed by atoms with Crippen molar-refractivity contribution < 1.29 is 5.11 Å². The summed E-state index contributed by atoms with van der Waals surface area (Å²) in [6.45, 7) is 3.72. The molecule has 1 aromatic rings. The topological polar surface area (TPSA) is 70.1 Å². The third-order valence-electron chi connectivity index (χ3n) is 3.43. The molecule has 19 heavy (non-hydrogen) atoms. The number of aromatic nitrogens is 2. The summed E-state index contributed by atoms with van der Waals surface area (Å²) in [5.41, 5.74) is 0. The SMILES string of the molecule is CCCNc1ncc(Br)c(NCC2CCCC2O)n1. The van der Waals surface area contributed by atoms with Gasteiger partial charge in [-0.15, -0.1) is 0 Å². The van der Waals surface area contributed by atoms with Crippen LogP contribution < -0.4 is 10.6 Å². The average molecular weight is 329 g/mol. The summed E-state index contributed by atoms with van der Waals surface area (Å²) in [4.78, 5) is 8.65. The molecule has 106 valence electrons. The van der Waals surface area contributed by atoms with Gasteiger partial charge in [0.2, 0.25) is 5.95 Å². The quantitative estimate of drug-likeness (QED) is 0.748. The molecule has 1 heterocycles. The molecule has 0 amide bonds. The first-order valence-corrected chi connectivity index (χ1v) is 7.68. The van der Waals surface area contributed by atoms with E-state index in [1.807, 2.05) is 0 Å². The first kappa shape index (κ1) is 14.5. The van der Waals surface area contributed by atoms with Gasteiger partial charge in [-0.2, -0.15) is 4.98 Å². The van der Waals surface area contributed by atoms with Crippen LogP contribution >= 0.6 is 15.9 Å². The first-order valence-electron chi connectivity index (χ1n) is 6.89. The number of rotatable bonds is 6. The Labute approximate surface area is 122 Å². The fraction of sp³-hybridized carbons (Fsp3) is 0.692. The van der Waals surface area contributed by atoms with E-state index in [1.165, 1.54) is 0 Å². The average Bonchev–Trinajstić information content (AvgIpc) is 2.82. The van der Waals surface area contributed by atoms with E-state index in [9.17, 15) is 5.11 Å². The van der Waals surface area contributed by atoms with Crippen LogP contribution in [0.3, 0.4) is 0 Å². The van der Waals surface area contributed by atoms with E-state index in [0.29, 0.717) is 11.9 Å². The van der Waals surface area contributed by atoms with E-state index in [4.69, 9.17) is 0 Å². The minimum absolute atomic E-state index is 0.175. The van der Waals surface area contributed by atoms with Gasteiger partial charge in [0.25, 0.3) is 0 Å². The number of halogens is 1. The number of aliphatic hydroxyl groups excluding tert-OH is 1. The Morgan fingerprint density at radius 1 is 1.42 bits per heavy atom. The van der Waals surface area contributed by atoms with Crippen LogP contribution in [0.4, 0.5) is 11.8 Å². The first-order chi connectivity index (χ1) is 9.20. The molecule has 3 N–H and O–H groups in total. The maximum atomic E-state index is 9.81. The van der Waals surface area contributed by atoms with Crippen LogP contribution in [0.2, 0.25) is 0 Å². The van der Waals surface area contributed by atoms with Crippen LogP contribution in [0.5, 0.6) is 0 Å². The van der Waals surface area contributed by atoms with E-state index >= 15 is 0 Å². The van der Waals surface area contributed by atoms with Gasteiger partial charge in [0.1, 0.15) is 5.82 Å². The van der Waals surface area contributed by atoms with Crippen LogP contribution in [0.1, 0.15) is 32.6 Å². The smallest absolute Gasteiger partial charge is 0.224 e. The Balaban J connectivity index is 1.94. The van der Waals surface area contributed by atoms with Gasteiger partial charge in [-0.1, -0.05) is 13.3 Å². The summed E-state index contributed by atoms with van der Waals surface area (Å²) in [5, 5.41) is 16.3. The van der Waals surface area contributed by atoms with Crippen LogP contribution in [0.15, 0.2) is 10.7 Å². The highest BCUT2D eigenvalue weighted by Gasteiger charge is 2.25. The molecule has 0 bridgehead atoms. The molecule has 2 rings (SSSR count). The summed E-state index contributed by atoms with van der Waals surface area (Å²) >= 11 is 3.45. The standard InChI is InChI=1S/C13H21BrN4O/c1-2-6-15-13-17-8-10(14)12(18-13)16-7-9-4-3-5-11(9)19/h8-9,11,19H,2-7H2,1H3,(H2,15,16,17,18). The molecule has 1 fully saturated rings. The molecule has 1 aromatic heterocycles. The minimum Gasteiger partial charge on any atom is -0.393 e. The summed E-state index contributed by atoms with van der Waals surface area (Å²) in [6.07, 6.45) is 5.72. The lowest BCUT2D eigenvalue weighted by molar-refractivity contribution is 0.138. The van der Waals surface area contributed by atoms with E-state index in [0.717, 1.165) is 49.1 Å². The second kappa shape index (κ2) is 7.05. The van der Waals surface area contributed by atoms with E-state index in [2.05, 4.69) is 43.5 Å². The Hall–Kier alpha value is -0.880. The van der Waals surface area contributed by atoms with Crippen LogP contribution in [-0.2, 0) is 0 Å². The van der Waals surface area contributed by atoms with Gasteiger partial charge in [-0.3, -0.25) is 0 Å². The predicted octanol–water partition coefficient (Wildman–Crippen LogP) is 2.63. The number of nitrogens with zero attached hydrogens (tertiary/aromatic N) is 2. The molecule has 1 aliphatic rings. The predicted molar refractivity (Wildman–Crippen MR) is 80.4 cm³/mol. The Bertz CT molecular complexity index is 416. The lowest BCUT2D eigenvalue weighted by Crippen LogP contribution is -2.22. The van der Waals surface area contributed by atoms with Gasteiger partial charge < -0.3 is 15.7 Å². The molecule has 1 aliphatic carbocycles. The summed E-state index contributed by atoms with van der Waals surface area (Å²) in [7, 11) is 0. The van der Waals surface area contributed by atoms with E-state index < -0.39 is 0 Å². The van der Waals surface area contributed by atoms with Gasteiger partial charge in [0.05, 0.1) is 10.6 Å². The van der Waals surface area contributed by atoms with Gasteiger partial charge >= 0.3 is 0 Å². The molecule has 2 unspecified atom stereocenters. The fourth-order valence-corrected chi connectivity index (χ4v) is 2.63. The summed E-state index contributed by atoms with van der Waals surface area (Å²) in [5.74, 6) is 1.75. The van der Waals surface area contributed by atoms with Crippen molar-refractivity contribution in [2.45, 2.75) is 38.7 Å². The van der Waals surface area contributed by atoms with Crippen molar-refractivity contribution in [3.63, 3.8) is 0 Å². The number of nitrogens with one attached hydrogen (secondary N) is 2. The van der Waals surface area contributed by atoms with Crippen molar-refractivity contribution in [2.24, 2.45) is 5.92 Å². The zero-order valence-corrected chi connectivity index (χ0v) is 12.8. The highest BCUT2D eigenvalue weighted by Crippen LogP contribution is 2.27. The van der Waals surface area contributed by atoms with Gasteiger partial charge in [-0.25, -0.2) is 4.98 Å². The third-order valence-corrected chi connectivity index (χ3v) is 4.01. The molecule has 2 atom stereocenters. The Morgan fingerprint density at radius 2 is 2.26 bits per heavy atom. The number of hydrogen-bond donors (Lipinski definition) is 3. The monoisotopic (exact) mass is 328 g/mol. The second-order valence-corrected chi connectivity index (χ2v) is 5.81. The van der Waals surface area contributed by atoms with Crippen LogP contribution in [0, 0.1) is 5.92 Å². The van der Waals surface area contributed by atoms with Gasteiger partial charge in [-0.05, 0) is 35.2 Å². The van der Waals surface area contributed by atoms with Crippen molar-refractivity contribution in [3.05, 3.63) is 10.7 Å². The zero-order valence-electron chi connectivity index (χ0n) is 11.2. The number of aliphatic hydroxyl groups is 1. The van der Waals surface area contributed by atoms with E-state index in [1.54, 1.807) is 6.20 Å². The molecule has 0 saturated heterocycles. The number of anilines is 2. The molecule has 0 aliphatic heterocycles. The molecule has 6 heteroatoms. The highest BCUT2D eigenvalue weighted by atomic mass is 79.9. The number of hydrogen-bond acceptors (Lipinski definition) is 5. The maximum Gasteiger partial charge on any atom is 0.224 e. The van der Waals surface area contributed by atoms with Crippen LogP contribution in [0.25, 0.3) is 0 Å². The largest absolute Gasteiger partial charge is 0.393 e. The van der Waals surface area contributed by atoms with Crippen molar-refractivity contribution in [2.75, 3.05) is 23.7 Å². The van der Waals surface area contributed by atoms with Crippen molar-refractivity contribution in [3.8, 4) is 0 Å². The van der Waals surface area contributed by atoms with Gasteiger partial charge in [0, 0.05) is 25.2 Å². The molecular formula is C13H21BrN4O. The van der Waals surface area contributed by atoms with Crippen LogP contribution in [-0.4, -0.2) is 34.3 Å². The van der Waals surface area contributed by atoms with Gasteiger partial charge in [0.15, 0.2) is 0 Å². The molecule has 0 spiro atoms. The molecule has 5 nitrogen and oxygen atoms in total. The maximum absolute atomic E-state index is 9.81. The third kappa shape index (κ3) is 4.04.